The molecule has 1 heterocycles. The molecular formula is C13H17N3O. The van der Waals surface area contributed by atoms with Gasteiger partial charge in [0.25, 0.3) is 0 Å². The van der Waals surface area contributed by atoms with E-state index in [-0.39, 0.29) is 6.03 Å². The molecule has 0 bridgehead atoms. The molecule has 4 nitrogen and oxygen atoms in total. The number of nitrogens with two attached hydrogens (primary N) is 1. The van der Waals surface area contributed by atoms with Crippen LogP contribution in [0.1, 0.15) is 24.0 Å². The molecular weight excluding hydrogens is 214 g/mol. The van der Waals surface area contributed by atoms with Gasteiger partial charge >= 0.3 is 6.03 Å². The molecule has 2 amide bonds. The van der Waals surface area contributed by atoms with Crippen molar-refractivity contribution in [2.24, 2.45) is 0 Å². The highest BCUT2D eigenvalue weighted by Crippen LogP contribution is 2.25. The summed E-state index contributed by atoms with van der Waals surface area (Å²) in [4.78, 5) is 13.8. The lowest BCUT2D eigenvalue weighted by molar-refractivity contribution is 0.192. The SMILES string of the molecule is Nc1cccc2c1CN(C(=O)NC1CC1)CC2. The van der Waals surface area contributed by atoms with Gasteiger partial charge in [-0.05, 0) is 36.5 Å². The first-order chi connectivity index (χ1) is 8.24. The van der Waals surface area contributed by atoms with E-state index in [1.165, 1.54) is 5.56 Å². The quantitative estimate of drug-likeness (QED) is 0.720. The number of nitrogens with zero attached hydrogens (tertiary/aromatic N) is 1. The third-order valence-electron chi connectivity index (χ3n) is 3.50. The maximum Gasteiger partial charge on any atom is 0.317 e. The molecule has 1 aromatic carbocycles. The van der Waals surface area contributed by atoms with Gasteiger partial charge < -0.3 is 16.0 Å². The van der Waals surface area contributed by atoms with Crippen LogP contribution in [0, 0.1) is 0 Å². The Morgan fingerprint density at radius 1 is 1.41 bits per heavy atom. The predicted molar refractivity (Wildman–Crippen MR) is 66.5 cm³/mol. The van der Waals surface area contributed by atoms with Crippen molar-refractivity contribution >= 4 is 11.7 Å². The van der Waals surface area contributed by atoms with Gasteiger partial charge in [0.05, 0.1) is 0 Å². The normalized spacial score (nSPS) is 18.7. The second kappa shape index (κ2) is 3.95. The number of urea groups is 1. The second-order valence-corrected chi connectivity index (χ2v) is 4.88. The van der Waals surface area contributed by atoms with Crippen LogP contribution in [0.25, 0.3) is 0 Å². The van der Waals surface area contributed by atoms with E-state index in [9.17, 15) is 4.79 Å². The highest BCUT2D eigenvalue weighted by atomic mass is 16.2. The van der Waals surface area contributed by atoms with Gasteiger partial charge in [0.1, 0.15) is 0 Å². The number of anilines is 1. The van der Waals surface area contributed by atoms with Gasteiger partial charge in [0, 0.05) is 24.8 Å². The monoisotopic (exact) mass is 231 g/mol. The van der Waals surface area contributed by atoms with E-state index in [0.717, 1.165) is 37.1 Å². The van der Waals surface area contributed by atoms with Crippen molar-refractivity contribution in [2.75, 3.05) is 12.3 Å². The van der Waals surface area contributed by atoms with Gasteiger partial charge in [0.2, 0.25) is 0 Å². The lowest BCUT2D eigenvalue weighted by atomic mass is 9.98. The van der Waals surface area contributed by atoms with Gasteiger partial charge in [-0.1, -0.05) is 12.1 Å². The van der Waals surface area contributed by atoms with E-state index in [2.05, 4.69) is 11.4 Å². The standard InChI is InChI=1S/C13H17N3O/c14-12-3-1-2-9-6-7-16(8-11(9)12)13(17)15-10-4-5-10/h1-3,10H,4-8,14H2,(H,15,17). The summed E-state index contributed by atoms with van der Waals surface area (Å²) in [5.74, 6) is 0. The van der Waals surface area contributed by atoms with E-state index in [4.69, 9.17) is 5.73 Å². The molecule has 1 aliphatic heterocycles. The maximum absolute atomic E-state index is 11.9. The van der Waals surface area contributed by atoms with Crippen molar-refractivity contribution < 1.29 is 4.79 Å². The molecule has 0 radical (unpaired) electrons. The number of hydrogen-bond donors (Lipinski definition) is 2. The van der Waals surface area contributed by atoms with Gasteiger partial charge in [-0.15, -0.1) is 0 Å². The van der Waals surface area contributed by atoms with Crippen LogP contribution < -0.4 is 11.1 Å². The molecule has 1 fully saturated rings. The molecule has 2 aliphatic rings. The first-order valence-electron chi connectivity index (χ1n) is 6.16. The van der Waals surface area contributed by atoms with Crippen LogP contribution in [0.3, 0.4) is 0 Å². The third-order valence-corrected chi connectivity index (χ3v) is 3.50. The van der Waals surface area contributed by atoms with E-state index < -0.39 is 0 Å². The summed E-state index contributed by atoms with van der Waals surface area (Å²) in [7, 11) is 0. The van der Waals surface area contributed by atoms with Crippen LogP contribution in [0.5, 0.6) is 0 Å². The van der Waals surface area contributed by atoms with Crippen molar-refractivity contribution in [3.8, 4) is 0 Å². The summed E-state index contributed by atoms with van der Waals surface area (Å²) in [5.41, 5.74) is 9.15. The fraction of sp³-hybridized carbons (Fsp3) is 0.462. The average molecular weight is 231 g/mol. The molecule has 1 saturated carbocycles. The Bertz CT molecular complexity index is 454. The summed E-state index contributed by atoms with van der Waals surface area (Å²) >= 11 is 0. The molecule has 0 spiro atoms. The Balaban J connectivity index is 1.74. The molecule has 3 N–H and O–H groups in total. The molecule has 0 atom stereocenters. The molecule has 0 unspecified atom stereocenters. The molecule has 17 heavy (non-hydrogen) atoms. The Morgan fingerprint density at radius 2 is 2.24 bits per heavy atom. The van der Waals surface area contributed by atoms with E-state index in [1.807, 2.05) is 17.0 Å². The maximum atomic E-state index is 11.9. The number of carbonyl (C=O) groups is 1. The first-order valence-corrected chi connectivity index (χ1v) is 6.16. The first kappa shape index (κ1) is 10.4. The van der Waals surface area contributed by atoms with Crippen LogP contribution in [0.2, 0.25) is 0 Å². The number of rotatable bonds is 1. The number of benzene rings is 1. The van der Waals surface area contributed by atoms with Gasteiger partial charge in [0.15, 0.2) is 0 Å². The number of carbonyl (C=O) groups excluding carboxylic acids is 1. The van der Waals surface area contributed by atoms with Crippen LogP contribution in [0.4, 0.5) is 10.5 Å². The van der Waals surface area contributed by atoms with Crippen molar-refractivity contribution in [2.45, 2.75) is 31.8 Å². The van der Waals surface area contributed by atoms with Crippen LogP contribution in [-0.4, -0.2) is 23.5 Å². The van der Waals surface area contributed by atoms with Gasteiger partial charge in [-0.3, -0.25) is 0 Å². The van der Waals surface area contributed by atoms with Gasteiger partial charge in [-0.25, -0.2) is 4.79 Å². The number of nitrogen functional groups attached to an aromatic ring is 1. The highest BCUT2D eigenvalue weighted by Gasteiger charge is 2.28. The van der Waals surface area contributed by atoms with E-state index >= 15 is 0 Å². The summed E-state index contributed by atoms with van der Waals surface area (Å²) in [6.07, 6.45) is 3.15. The van der Waals surface area contributed by atoms with Gasteiger partial charge in [-0.2, -0.15) is 0 Å². The minimum Gasteiger partial charge on any atom is -0.398 e. The van der Waals surface area contributed by atoms with Crippen molar-refractivity contribution in [3.05, 3.63) is 29.3 Å². The smallest absolute Gasteiger partial charge is 0.317 e. The fourth-order valence-electron chi connectivity index (χ4n) is 2.27. The summed E-state index contributed by atoms with van der Waals surface area (Å²) < 4.78 is 0. The molecule has 0 saturated heterocycles. The highest BCUT2D eigenvalue weighted by molar-refractivity contribution is 5.75. The second-order valence-electron chi connectivity index (χ2n) is 4.88. The third kappa shape index (κ3) is 2.07. The zero-order chi connectivity index (χ0) is 11.8. The minimum atomic E-state index is 0.0569. The van der Waals surface area contributed by atoms with E-state index in [0.29, 0.717) is 12.6 Å². The Labute approximate surface area is 101 Å². The average Bonchev–Trinajstić information content (AvgIpc) is 3.13. The summed E-state index contributed by atoms with van der Waals surface area (Å²) in [6.45, 7) is 1.43. The number of amides is 2. The van der Waals surface area contributed by atoms with Crippen molar-refractivity contribution in [1.82, 2.24) is 10.2 Å². The zero-order valence-electron chi connectivity index (χ0n) is 9.78. The molecule has 1 aliphatic carbocycles. The molecule has 3 rings (SSSR count). The number of nitrogens with one attached hydrogen (secondary N) is 1. The Morgan fingerprint density at radius 3 is 3.00 bits per heavy atom. The van der Waals surface area contributed by atoms with Crippen LogP contribution in [-0.2, 0) is 13.0 Å². The number of fused-ring (bicyclic) bond motifs is 1. The topological polar surface area (TPSA) is 58.4 Å². The molecule has 1 aromatic rings. The molecule has 0 aromatic heterocycles. The van der Waals surface area contributed by atoms with Crippen molar-refractivity contribution in [1.29, 1.82) is 0 Å². The number of hydrogen-bond acceptors (Lipinski definition) is 2. The lowest BCUT2D eigenvalue weighted by Crippen LogP contribution is -2.43. The van der Waals surface area contributed by atoms with Crippen molar-refractivity contribution in [3.63, 3.8) is 0 Å². The summed E-state index contributed by atoms with van der Waals surface area (Å²) in [6, 6.07) is 6.45. The zero-order valence-corrected chi connectivity index (χ0v) is 9.78. The fourth-order valence-corrected chi connectivity index (χ4v) is 2.27. The lowest BCUT2D eigenvalue weighted by Gasteiger charge is -2.29. The summed E-state index contributed by atoms with van der Waals surface area (Å²) in [5, 5.41) is 3.02. The minimum absolute atomic E-state index is 0.0569. The Hall–Kier alpha value is -1.71. The Kier molecular flexibility index (Phi) is 2.42. The largest absolute Gasteiger partial charge is 0.398 e. The molecule has 90 valence electrons. The van der Waals surface area contributed by atoms with Crippen LogP contribution >= 0.6 is 0 Å². The predicted octanol–water partition coefficient (Wildman–Crippen LogP) is 1.50. The van der Waals surface area contributed by atoms with Crippen LogP contribution in [0.15, 0.2) is 18.2 Å². The molecule has 4 heteroatoms. The van der Waals surface area contributed by atoms with E-state index in [1.54, 1.807) is 0 Å².